The Morgan fingerprint density at radius 2 is 2.12 bits per heavy atom. The Kier molecular flexibility index (Phi) is 4.80. The SMILES string of the molecule is Cc1nnc(C2CN(Cc3cc(C(F)(F)F)ccc3Cl)CCO2)o1. The minimum Gasteiger partial charge on any atom is -0.423 e. The second-order valence-electron chi connectivity index (χ2n) is 5.56. The van der Waals surface area contributed by atoms with Gasteiger partial charge in [0.15, 0.2) is 0 Å². The topological polar surface area (TPSA) is 51.4 Å². The molecule has 0 radical (unpaired) electrons. The van der Waals surface area contributed by atoms with Gasteiger partial charge in [-0.2, -0.15) is 13.2 Å². The van der Waals surface area contributed by atoms with E-state index in [1.54, 1.807) is 6.92 Å². The molecule has 0 spiro atoms. The number of halogens is 4. The Balaban J connectivity index is 1.73. The lowest BCUT2D eigenvalue weighted by molar-refractivity contribution is -0.137. The average Bonchev–Trinajstić information content (AvgIpc) is 2.95. The first-order valence-electron chi connectivity index (χ1n) is 7.32. The van der Waals surface area contributed by atoms with Gasteiger partial charge in [-0.25, -0.2) is 0 Å². The van der Waals surface area contributed by atoms with Crippen molar-refractivity contribution in [3.05, 3.63) is 46.1 Å². The van der Waals surface area contributed by atoms with Gasteiger partial charge in [-0.1, -0.05) is 11.6 Å². The van der Waals surface area contributed by atoms with E-state index in [0.29, 0.717) is 42.1 Å². The minimum absolute atomic E-state index is 0.287. The normalized spacial score (nSPS) is 19.6. The molecule has 9 heteroatoms. The smallest absolute Gasteiger partial charge is 0.416 e. The van der Waals surface area contributed by atoms with Crippen LogP contribution in [0, 0.1) is 6.92 Å². The predicted octanol–water partition coefficient (Wildman–Crippen LogP) is 3.62. The molecule has 1 aromatic heterocycles. The van der Waals surface area contributed by atoms with E-state index >= 15 is 0 Å². The maximum Gasteiger partial charge on any atom is 0.416 e. The van der Waals surface area contributed by atoms with E-state index in [0.717, 1.165) is 12.1 Å². The van der Waals surface area contributed by atoms with Gasteiger partial charge >= 0.3 is 6.18 Å². The van der Waals surface area contributed by atoms with Crippen LogP contribution in [0.5, 0.6) is 0 Å². The highest BCUT2D eigenvalue weighted by Gasteiger charge is 2.32. The Bertz CT molecular complexity index is 720. The Morgan fingerprint density at radius 1 is 1.33 bits per heavy atom. The lowest BCUT2D eigenvalue weighted by Gasteiger charge is -2.31. The zero-order valence-corrected chi connectivity index (χ0v) is 13.6. The van der Waals surface area contributed by atoms with E-state index in [1.165, 1.54) is 6.07 Å². The number of hydrogen-bond acceptors (Lipinski definition) is 5. The van der Waals surface area contributed by atoms with Crippen molar-refractivity contribution in [2.45, 2.75) is 25.7 Å². The first-order valence-corrected chi connectivity index (χ1v) is 7.70. The third-order valence-corrected chi connectivity index (χ3v) is 4.10. The van der Waals surface area contributed by atoms with Gasteiger partial charge in [-0.15, -0.1) is 10.2 Å². The fourth-order valence-electron chi connectivity index (χ4n) is 2.55. The van der Waals surface area contributed by atoms with Crippen LogP contribution in [0.2, 0.25) is 5.02 Å². The molecule has 0 saturated carbocycles. The molecule has 1 fully saturated rings. The molecule has 1 saturated heterocycles. The van der Waals surface area contributed by atoms with E-state index in [-0.39, 0.29) is 6.54 Å². The highest BCUT2D eigenvalue weighted by Crippen LogP contribution is 2.32. The summed E-state index contributed by atoms with van der Waals surface area (Å²) in [4.78, 5) is 1.95. The summed E-state index contributed by atoms with van der Waals surface area (Å²) < 4.78 is 49.5. The number of benzene rings is 1. The summed E-state index contributed by atoms with van der Waals surface area (Å²) in [5.74, 6) is 0.805. The Morgan fingerprint density at radius 3 is 2.79 bits per heavy atom. The first-order chi connectivity index (χ1) is 11.3. The van der Waals surface area contributed by atoms with Crippen molar-refractivity contribution in [3.63, 3.8) is 0 Å². The molecule has 0 bridgehead atoms. The lowest BCUT2D eigenvalue weighted by atomic mass is 10.1. The molecule has 0 amide bonds. The molecule has 1 aliphatic rings. The molecule has 130 valence electrons. The number of alkyl halides is 3. The summed E-state index contributed by atoms with van der Waals surface area (Å²) in [6, 6.07) is 3.35. The van der Waals surface area contributed by atoms with E-state index in [2.05, 4.69) is 10.2 Å². The van der Waals surface area contributed by atoms with E-state index < -0.39 is 17.8 Å². The zero-order valence-electron chi connectivity index (χ0n) is 12.8. The summed E-state index contributed by atoms with van der Waals surface area (Å²) >= 11 is 6.06. The quantitative estimate of drug-likeness (QED) is 0.835. The van der Waals surface area contributed by atoms with Crippen molar-refractivity contribution in [1.82, 2.24) is 15.1 Å². The average molecular weight is 362 g/mol. The van der Waals surface area contributed by atoms with Crippen molar-refractivity contribution in [2.24, 2.45) is 0 Å². The molecule has 0 aliphatic carbocycles. The summed E-state index contributed by atoms with van der Waals surface area (Å²) in [5, 5.41) is 8.00. The fraction of sp³-hybridized carbons (Fsp3) is 0.467. The van der Waals surface area contributed by atoms with Gasteiger partial charge in [-0.05, 0) is 23.8 Å². The third kappa shape index (κ3) is 3.88. The molecule has 2 heterocycles. The van der Waals surface area contributed by atoms with Crippen LogP contribution < -0.4 is 0 Å². The van der Waals surface area contributed by atoms with E-state index in [4.69, 9.17) is 20.8 Å². The van der Waals surface area contributed by atoms with Crippen molar-refractivity contribution < 1.29 is 22.3 Å². The highest BCUT2D eigenvalue weighted by molar-refractivity contribution is 6.31. The molecular weight excluding hydrogens is 347 g/mol. The van der Waals surface area contributed by atoms with Crippen molar-refractivity contribution in [1.29, 1.82) is 0 Å². The Labute approximate surface area is 141 Å². The van der Waals surface area contributed by atoms with Crippen LogP contribution in [0.25, 0.3) is 0 Å². The van der Waals surface area contributed by atoms with Gasteiger partial charge < -0.3 is 9.15 Å². The molecule has 3 rings (SSSR count). The number of aryl methyl sites for hydroxylation is 1. The lowest BCUT2D eigenvalue weighted by Crippen LogP contribution is -2.38. The minimum atomic E-state index is -4.39. The summed E-state index contributed by atoms with van der Waals surface area (Å²) in [7, 11) is 0. The molecular formula is C15H15ClF3N3O2. The summed E-state index contributed by atoms with van der Waals surface area (Å²) in [6.07, 6.45) is -4.79. The van der Waals surface area contributed by atoms with Gasteiger partial charge in [-0.3, -0.25) is 4.90 Å². The largest absolute Gasteiger partial charge is 0.423 e. The molecule has 1 aromatic carbocycles. The van der Waals surface area contributed by atoms with Crippen LogP contribution in [-0.4, -0.2) is 34.8 Å². The van der Waals surface area contributed by atoms with Gasteiger partial charge in [0.05, 0.1) is 12.2 Å². The van der Waals surface area contributed by atoms with Gasteiger partial charge in [0.2, 0.25) is 11.8 Å². The van der Waals surface area contributed by atoms with Crippen molar-refractivity contribution >= 4 is 11.6 Å². The zero-order chi connectivity index (χ0) is 17.3. The molecule has 1 atom stereocenters. The van der Waals surface area contributed by atoms with Crippen LogP contribution >= 0.6 is 11.6 Å². The van der Waals surface area contributed by atoms with Crippen LogP contribution in [-0.2, 0) is 17.5 Å². The number of hydrogen-bond donors (Lipinski definition) is 0. The van der Waals surface area contributed by atoms with Crippen LogP contribution in [0.4, 0.5) is 13.2 Å². The molecule has 24 heavy (non-hydrogen) atoms. The number of morpholine rings is 1. The number of ether oxygens (including phenoxy) is 1. The second kappa shape index (κ2) is 6.70. The Hall–Kier alpha value is -1.64. The second-order valence-corrected chi connectivity index (χ2v) is 5.97. The van der Waals surface area contributed by atoms with Crippen molar-refractivity contribution in [2.75, 3.05) is 19.7 Å². The highest BCUT2D eigenvalue weighted by atomic mass is 35.5. The third-order valence-electron chi connectivity index (χ3n) is 3.73. The molecule has 1 unspecified atom stereocenters. The summed E-state index contributed by atoms with van der Waals surface area (Å²) in [6.45, 7) is 3.41. The number of rotatable bonds is 3. The molecule has 0 N–H and O–H groups in total. The molecule has 5 nitrogen and oxygen atoms in total. The maximum atomic E-state index is 12.9. The van der Waals surface area contributed by atoms with Crippen LogP contribution in [0.3, 0.4) is 0 Å². The fourth-order valence-corrected chi connectivity index (χ4v) is 2.73. The monoisotopic (exact) mass is 361 g/mol. The molecule has 1 aliphatic heterocycles. The van der Waals surface area contributed by atoms with Gasteiger partial charge in [0, 0.05) is 31.6 Å². The van der Waals surface area contributed by atoms with Gasteiger partial charge in [0.25, 0.3) is 0 Å². The number of aromatic nitrogens is 2. The van der Waals surface area contributed by atoms with E-state index in [1.807, 2.05) is 4.90 Å². The summed E-state index contributed by atoms with van der Waals surface area (Å²) in [5.41, 5.74) is -0.284. The first kappa shape index (κ1) is 17.2. The van der Waals surface area contributed by atoms with Gasteiger partial charge in [0.1, 0.15) is 6.10 Å². The van der Waals surface area contributed by atoms with Crippen molar-refractivity contribution in [3.8, 4) is 0 Å². The standard InChI is InChI=1S/C15H15ClF3N3O2/c1-9-20-21-14(24-9)13-8-22(4-5-23-13)7-10-6-11(15(17,18)19)2-3-12(10)16/h2-3,6,13H,4-5,7-8H2,1H3. The van der Waals surface area contributed by atoms with Crippen LogP contribution in [0.1, 0.15) is 29.0 Å². The van der Waals surface area contributed by atoms with Crippen LogP contribution in [0.15, 0.2) is 22.6 Å². The van der Waals surface area contributed by atoms with E-state index in [9.17, 15) is 13.2 Å². The maximum absolute atomic E-state index is 12.9. The molecule has 2 aromatic rings. The predicted molar refractivity (Wildman–Crippen MR) is 79.5 cm³/mol. The number of nitrogens with zero attached hydrogens (tertiary/aromatic N) is 3.